The van der Waals surface area contributed by atoms with Crippen molar-refractivity contribution in [1.82, 2.24) is 20.1 Å². The number of likely N-dealkylation sites (tertiary alicyclic amines) is 1. The van der Waals surface area contributed by atoms with Gasteiger partial charge in [-0.15, -0.1) is 11.3 Å². The molecule has 2 aliphatic heterocycles. The van der Waals surface area contributed by atoms with Crippen LogP contribution < -0.4 is 14.8 Å². The number of hydrogen-bond acceptors (Lipinski definition) is 12. The first-order valence-electron chi connectivity index (χ1n) is 21.1. The summed E-state index contributed by atoms with van der Waals surface area (Å²) < 4.78 is 57.2. The number of rotatable bonds is 19. The molecule has 2 saturated heterocycles. The van der Waals surface area contributed by atoms with E-state index in [0.29, 0.717) is 23.7 Å². The maximum absolute atomic E-state index is 14.4. The Morgan fingerprint density at radius 2 is 1.75 bits per heavy atom. The van der Waals surface area contributed by atoms with Crippen LogP contribution in [0.2, 0.25) is 0 Å². The van der Waals surface area contributed by atoms with Crippen LogP contribution in [0.3, 0.4) is 0 Å². The van der Waals surface area contributed by atoms with E-state index in [0.717, 1.165) is 32.7 Å². The molecule has 3 aromatic carbocycles. The summed E-state index contributed by atoms with van der Waals surface area (Å²) in [5.41, 5.74) is 2.96. The molecule has 0 spiro atoms. The lowest BCUT2D eigenvalue weighted by Gasteiger charge is -2.39. The minimum atomic E-state index is -4.64. The zero-order valence-electron chi connectivity index (χ0n) is 36.6. The Hall–Kier alpha value is -5.56. The SMILES string of the molecule is CCC(CC(=O)CCOCCN1C(=O)S/C(=C\c2ccc(Oc3ccccc3C(F)(F)F)c(OC)c2)C1=O)(C(=O)N1C[C@H](O)C[C@H]1C(=O)NCc1ccc(-c2scnc2C)cc1)C(C)C. The van der Waals surface area contributed by atoms with Gasteiger partial charge < -0.3 is 29.5 Å². The maximum atomic E-state index is 14.4. The molecular formula is C47H51F3N4O9S2. The van der Waals surface area contributed by atoms with Crippen molar-refractivity contribution in [3.8, 4) is 27.7 Å². The van der Waals surface area contributed by atoms with E-state index >= 15 is 0 Å². The monoisotopic (exact) mass is 936 g/mol. The first-order chi connectivity index (χ1) is 30.9. The number of nitrogens with one attached hydrogen (secondary N) is 1. The lowest BCUT2D eigenvalue weighted by molar-refractivity contribution is -0.152. The van der Waals surface area contributed by atoms with E-state index in [1.807, 2.05) is 52.0 Å². The molecule has 3 atom stereocenters. The van der Waals surface area contributed by atoms with Crippen molar-refractivity contribution in [2.24, 2.45) is 11.3 Å². The molecule has 346 valence electrons. The minimum Gasteiger partial charge on any atom is -0.493 e. The zero-order chi connectivity index (χ0) is 47.1. The molecule has 2 aliphatic rings. The second-order valence-corrected chi connectivity index (χ2v) is 18.0. The van der Waals surface area contributed by atoms with Gasteiger partial charge in [-0.2, -0.15) is 13.2 Å². The Bertz CT molecular complexity index is 2420. The molecule has 2 N–H and O–H groups in total. The topological polar surface area (TPSA) is 165 Å². The predicted octanol–water partition coefficient (Wildman–Crippen LogP) is 8.67. The highest BCUT2D eigenvalue weighted by Gasteiger charge is 2.49. The third-order valence-electron chi connectivity index (χ3n) is 11.7. The van der Waals surface area contributed by atoms with Crippen LogP contribution in [0, 0.1) is 18.3 Å². The predicted molar refractivity (Wildman–Crippen MR) is 240 cm³/mol. The number of benzene rings is 3. The Kier molecular flexibility index (Phi) is 15.9. The number of imide groups is 1. The second kappa shape index (κ2) is 21.2. The van der Waals surface area contributed by atoms with E-state index in [1.165, 1.54) is 54.5 Å². The van der Waals surface area contributed by atoms with Gasteiger partial charge in [0.1, 0.15) is 17.6 Å². The van der Waals surface area contributed by atoms with E-state index in [4.69, 9.17) is 14.2 Å². The van der Waals surface area contributed by atoms with Crippen molar-refractivity contribution in [3.63, 3.8) is 0 Å². The van der Waals surface area contributed by atoms with Crippen molar-refractivity contribution in [2.75, 3.05) is 33.4 Å². The number of ether oxygens (including phenoxy) is 3. The van der Waals surface area contributed by atoms with Crippen molar-refractivity contribution in [2.45, 2.75) is 78.2 Å². The number of aliphatic hydroxyl groups excluding tert-OH is 1. The standard InChI is InChI=1S/C47H51F3N4O9S2/c1-6-46(28(2)3,44(59)54-26-34(56)23-36(54)42(57)51-25-30-11-14-32(15-12-30)41-29(4)52-27-64-41)24-33(55)17-19-62-20-18-53-43(58)40(65-45(53)60)22-31-13-16-38(39(21-31)61-5)63-37-10-8-7-9-35(37)47(48,49)50/h7-16,21-22,27-28,34,36,56H,6,17-20,23-26H2,1-5H3,(H,51,57)/b40-22-/t34-,36+,46?/m1/s1. The molecule has 1 unspecified atom stereocenters. The highest BCUT2D eigenvalue weighted by atomic mass is 32.2. The molecule has 0 radical (unpaired) electrons. The first kappa shape index (κ1) is 48.9. The molecule has 1 aromatic heterocycles. The first-order valence-corrected chi connectivity index (χ1v) is 22.8. The molecule has 0 saturated carbocycles. The molecule has 0 aliphatic carbocycles. The van der Waals surface area contributed by atoms with Crippen molar-refractivity contribution < 1.29 is 56.5 Å². The molecule has 2 fully saturated rings. The van der Waals surface area contributed by atoms with Crippen LogP contribution in [0.1, 0.15) is 68.8 Å². The zero-order valence-corrected chi connectivity index (χ0v) is 38.2. The lowest BCUT2D eigenvalue weighted by Crippen LogP contribution is -2.53. The van der Waals surface area contributed by atoms with E-state index < -0.39 is 46.2 Å². The van der Waals surface area contributed by atoms with Crippen LogP contribution >= 0.6 is 23.1 Å². The number of aliphatic hydroxyl groups is 1. The van der Waals surface area contributed by atoms with Crippen molar-refractivity contribution >= 4 is 57.9 Å². The number of para-hydroxylation sites is 1. The van der Waals surface area contributed by atoms with Gasteiger partial charge in [0.15, 0.2) is 11.5 Å². The highest BCUT2D eigenvalue weighted by molar-refractivity contribution is 8.18. The van der Waals surface area contributed by atoms with Crippen LogP contribution in [0.15, 0.2) is 77.1 Å². The van der Waals surface area contributed by atoms with Crippen molar-refractivity contribution in [3.05, 3.63) is 99.5 Å². The second-order valence-electron chi connectivity index (χ2n) is 16.1. The number of aromatic nitrogens is 1. The molecular weight excluding hydrogens is 886 g/mol. The highest BCUT2D eigenvalue weighted by Crippen LogP contribution is 2.42. The van der Waals surface area contributed by atoms with E-state index in [9.17, 15) is 42.3 Å². The molecule has 13 nitrogen and oxygen atoms in total. The average Bonchev–Trinajstić information content (AvgIpc) is 3.97. The molecule has 4 aromatic rings. The van der Waals surface area contributed by atoms with Crippen LogP contribution in [0.5, 0.6) is 17.2 Å². The summed E-state index contributed by atoms with van der Waals surface area (Å²) in [6.07, 6.45) is -3.85. The number of carbonyl (C=O) groups excluding carboxylic acids is 5. The molecule has 65 heavy (non-hydrogen) atoms. The number of amides is 4. The van der Waals surface area contributed by atoms with Gasteiger partial charge in [0.2, 0.25) is 11.8 Å². The number of thiazole rings is 1. The fraction of sp³-hybridized carbons (Fsp3) is 0.404. The summed E-state index contributed by atoms with van der Waals surface area (Å²) in [5, 5.41) is 13.1. The van der Waals surface area contributed by atoms with Gasteiger partial charge >= 0.3 is 6.18 Å². The molecule has 6 rings (SSSR count). The Labute approximate surface area is 383 Å². The van der Waals surface area contributed by atoms with E-state index in [1.54, 1.807) is 16.8 Å². The van der Waals surface area contributed by atoms with Crippen LogP contribution in [0.4, 0.5) is 18.0 Å². The number of β-amino-alcohol motifs (C(OH)–C–C–N with tert-alkyl or cyclic N) is 1. The summed E-state index contributed by atoms with van der Waals surface area (Å²) in [4.78, 5) is 75.4. The Balaban J connectivity index is 0.995. The quantitative estimate of drug-likeness (QED) is 0.0683. The Morgan fingerprint density at radius 3 is 2.42 bits per heavy atom. The third-order valence-corrected chi connectivity index (χ3v) is 13.6. The largest absolute Gasteiger partial charge is 0.493 e. The smallest absolute Gasteiger partial charge is 0.419 e. The fourth-order valence-corrected chi connectivity index (χ4v) is 9.62. The number of carbonyl (C=O) groups is 5. The Morgan fingerprint density at radius 1 is 1.02 bits per heavy atom. The molecule has 3 heterocycles. The molecule has 18 heteroatoms. The van der Waals surface area contributed by atoms with Gasteiger partial charge in [-0.1, -0.05) is 63.2 Å². The number of ketones is 1. The van der Waals surface area contributed by atoms with Crippen LogP contribution in [0.25, 0.3) is 16.5 Å². The number of halogens is 3. The number of thioether (sulfide) groups is 1. The lowest BCUT2D eigenvalue weighted by atomic mass is 9.70. The number of aryl methyl sites for hydroxylation is 1. The average molecular weight is 937 g/mol. The maximum Gasteiger partial charge on any atom is 0.419 e. The number of alkyl halides is 3. The van der Waals surface area contributed by atoms with Crippen LogP contribution in [-0.4, -0.2) is 94.2 Å². The number of methoxy groups -OCH3 is 1. The normalized spacial score (nSPS) is 18.1. The summed E-state index contributed by atoms with van der Waals surface area (Å²) in [5.74, 6) is -2.15. The summed E-state index contributed by atoms with van der Waals surface area (Å²) in [6, 6.07) is 16.0. The van der Waals surface area contributed by atoms with Gasteiger partial charge in [0.05, 0.1) is 64.9 Å². The van der Waals surface area contributed by atoms with Gasteiger partial charge in [-0.25, -0.2) is 4.98 Å². The van der Waals surface area contributed by atoms with Gasteiger partial charge in [-0.3, -0.25) is 28.9 Å². The summed E-state index contributed by atoms with van der Waals surface area (Å²) >= 11 is 2.26. The molecule has 0 bridgehead atoms. The van der Waals surface area contributed by atoms with Crippen molar-refractivity contribution in [1.29, 1.82) is 0 Å². The minimum absolute atomic E-state index is 0.0123. The van der Waals surface area contributed by atoms with E-state index in [2.05, 4.69) is 10.3 Å². The van der Waals surface area contributed by atoms with Crippen LogP contribution in [-0.2, 0) is 36.6 Å². The summed E-state index contributed by atoms with van der Waals surface area (Å²) in [7, 11) is 1.32. The summed E-state index contributed by atoms with van der Waals surface area (Å²) in [6.45, 7) is 7.51. The molecule has 4 amide bonds. The fourth-order valence-electron chi connectivity index (χ4n) is 7.94. The number of hydrogen-bond donors (Lipinski definition) is 2. The number of Topliss-reactive ketones (excluding diaryl/α,β-unsaturated/α-hetero) is 1. The van der Waals surface area contributed by atoms with Gasteiger partial charge in [-0.05, 0) is 78.1 Å². The van der Waals surface area contributed by atoms with E-state index in [-0.39, 0.29) is 92.0 Å². The van der Waals surface area contributed by atoms with Gasteiger partial charge in [0, 0.05) is 32.4 Å². The van der Waals surface area contributed by atoms with Gasteiger partial charge in [0.25, 0.3) is 11.1 Å². The number of nitrogens with zero attached hydrogens (tertiary/aromatic N) is 3. The third kappa shape index (κ3) is 11.5.